The van der Waals surface area contributed by atoms with Crippen LogP contribution in [0.4, 0.5) is 0 Å². The van der Waals surface area contributed by atoms with Crippen molar-refractivity contribution in [3.8, 4) is 0 Å². The Morgan fingerprint density at radius 2 is 0.970 bits per heavy atom. The van der Waals surface area contributed by atoms with Gasteiger partial charge in [-0.25, -0.2) is 16.8 Å². The summed E-state index contributed by atoms with van der Waals surface area (Å²) in [6.07, 6.45) is 0. The van der Waals surface area contributed by atoms with Crippen LogP contribution in [0.25, 0.3) is 0 Å². The molecule has 0 aliphatic carbocycles. The van der Waals surface area contributed by atoms with Crippen LogP contribution < -0.4 is 75.0 Å². The molecule has 0 radical (unpaired) electrons. The fourth-order valence-corrected chi connectivity index (χ4v) is 8.36. The van der Waals surface area contributed by atoms with E-state index in [2.05, 4.69) is 0 Å². The molecule has 3 aromatic carbocycles. The number of hydrogen-bond donors (Lipinski definition) is 0. The molecular weight excluding hydrogens is 501 g/mol. The monoisotopic (exact) mass is 522 g/mol. The average molecular weight is 522 g/mol. The first-order chi connectivity index (χ1) is 14.3. The Labute approximate surface area is 241 Å². The van der Waals surface area contributed by atoms with E-state index in [-0.39, 0.29) is 68.9 Å². The molecule has 0 atom stereocenters. The summed E-state index contributed by atoms with van der Waals surface area (Å²) in [6.45, 7) is 6.82. The van der Waals surface area contributed by atoms with Crippen LogP contribution in [0.5, 0.6) is 0 Å². The molecule has 0 bridgehead atoms. The molecule has 0 N–H and O–H groups in total. The van der Waals surface area contributed by atoms with E-state index in [0.29, 0.717) is 21.7 Å². The molecular formula is C22H21Na2O6PS2. The van der Waals surface area contributed by atoms with Gasteiger partial charge in [-0.05, 0) is 85.9 Å². The van der Waals surface area contributed by atoms with Gasteiger partial charge < -0.3 is 9.11 Å². The van der Waals surface area contributed by atoms with Gasteiger partial charge in [0, 0.05) is 0 Å². The van der Waals surface area contributed by atoms with Gasteiger partial charge in [0.15, 0.2) is 0 Å². The molecule has 0 amide bonds. The fraction of sp³-hybridized carbons (Fsp3) is 0.182. The van der Waals surface area contributed by atoms with E-state index in [4.69, 9.17) is 0 Å². The Morgan fingerprint density at radius 1 is 0.606 bits per heavy atom. The summed E-state index contributed by atoms with van der Waals surface area (Å²) >= 11 is 0. The predicted octanol–water partition coefficient (Wildman–Crippen LogP) is -3.51. The van der Waals surface area contributed by atoms with Crippen LogP contribution in [0.2, 0.25) is 0 Å². The Kier molecular flexibility index (Phi) is 11.0. The van der Waals surface area contributed by atoms with Crippen LogP contribution in [0.15, 0.2) is 64.4 Å². The second-order valence-corrected chi connectivity index (χ2v) is 12.1. The zero-order valence-corrected chi connectivity index (χ0v) is 25.9. The molecule has 0 aliphatic heterocycles. The van der Waals surface area contributed by atoms with Gasteiger partial charge in [0.25, 0.3) is 0 Å². The summed E-state index contributed by atoms with van der Waals surface area (Å²) in [5.41, 5.74) is 2.21. The van der Waals surface area contributed by atoms with Crippen LogP contribution in [0, 0.1) is 27.7 Å². The molecule has 0 saturated heterocycles. The third-order valence-corrected chi connectivity index (χ3v) is 10.2. The minimum absolute atomic E-state index is 0. The Morgan fingerprint density at radius 3 is 1.30 bits per heavy atom. The molecule has 0 fully saturated rings. The van der Waals surface area contributed by atoms with E-state index in [1.54, 1.807) is 26.0 Å². The van der Waals surface area contributed by atoms with E-state index in [9.17, 15) is 25.9 Å². The summed E-state index contributed by atoms with van der Waals surface area (Å²) in [4.78, 5) is -0.612. The van der Waals surface area contributed by atoms with E-state index in [1.165, 1.54) is 12.1 Å². The molecule has 6 nitrogen and oxygen atoms in total. The van der Waals surface area contributed by atoms with E-state index in [1.807, 2.05) is 44.2 Å². The van der Waals surface area contributed by atoms with Crippen molar-refractivity contribution in [2.24, 2.45) is 0 Å². The van der Waals surface area contributed by atoms with E-state index >= 15 is 0 Å². The Hall–Kier alpha value is -0.0900. The molecule has 0 aliphatic rings. The van der Waals surface area contributed by atoms with Crippen molar-refractivity contribution in [3.05, 3.63) is 76.9 Å². The first-order valence-corrected chi connectivity index (χ1v) is 13.5. The predicted molar refractivity (Wildman–Crippen MR) is 120 cm³/mol. The van der Waals surface area contributed by atoms with E-state index in [0.717, 1.165) is 16.4 Å². The summed E-state index contributed by atoms with van der Waals surface area (Å²) in [5.74, 6) is 0. The minimum Gasteiger partial charge on any atom is -0.744 e. The van der Waals surface area contributed by atoms with Crippen molar-refractivity contribution in [1.82, 2.24) is 0 Å². The van der Waals surface area contributed by atoms with E-state index < -0.39 is 28.2 Å². The third kappa shape index (κ3) is 6.57. The van der Waals surface area contributed by atoms with Gasteiger partial charge in [-0.2, -0.15) is 0 Å². The number of hydrogen-bond acceptors (Lipinski definition) is 6. The van der Waals surface area contributed by atoms with Crippen LogP contribution in [0.3, 0.4) is 0 Å². The average Bonchev–Trinajstić information content (AvgIpc) is 2.65. The quantitative estimate of drug-likeness (QED) is 0.195. The van der Waals surface area contributed by atoms with Gasteiger partial charge in [-0.3, -0.25) is 0 Å². The zero-order valence-electron chi connectivity index (χ0n) is 19.4. The van der Waals surface area contributed by atoms with Gasteiger partial charge in [0.2, 0.25) is 0 Å². The maximum Gasteiger partial charge on any atom is 1.00 e. The Balaban J connectivity index is 0.00000272. The first kappa shape index (κ1) is 30.9. The molecule has 0 aromatic heterocycles. The van der Waals surface area contributed by atoms with Gasteiger partial charge in [0.1, 0.15) is 20.2 Å². The number of aryl methyl sites for hydroxylation is 2. The fourth-order valence-electron chi connectivity index (χ4n) is 3.81. The van der Waals surface area contributed by atoms with Crippen LogP contribution in [-0.2, 0) is 20.2 Å². The van der Waals surface area contributed by atoms with Crippen molar-refractivity contribution >= 4 is 44.1 Å². The van der Waals surface area contributed by atoms with Crippen molar-refractivity contribution in [2.45, 2.75) is 37.5 Å². The smallest absolute Gasteiger partial charge is 0.744 e. The van der Waals surface area contributed by atoms with Crippen LogP contribution in [0.1, 0.15) is 22.3 Å². The summed E-state index contributed by atoms with van der Waals surface area (Å²) in [7, 11) is -10.9. The second-order valence-electron chi connectivity index (χ2n) is 7.29. The molecule has 33 heavy (non-hydrogen) atoms. The normalized spacial score (nSPS) is 11.6. The number of rotatable bonds is 5. The molecule has 3 aromatic rings. The summed E-state index contributed by atoms with van der Waals surface area (Å²) in [5, 5.41) is 2.16. The summed E-state index contributed by atoms with van der Waals surface area (Å²) in [6, 6.07) is 15.0. The van der Waals surface area contributed by atoms with Gasteiger partial charge in [0.05, 0.1) is 9.79 Å². The van der Waals surface area contributed by atoms with Gasteiger partial charge >= 0.3 is 59.1 Å². The molecule has 0 spiro atoms. The Bertz CT molecular complexity index is 1290. The molecule has 3 rings (SSSR count). The van der Waals surface area contributed by atoms with Crippen LogP contribution in [-0.4, -0.2) is 25.9 Å². The molecule has 0 heterocycles. The standard InChI is InChI=1S/C22H23O6PS2.2Na/c1-14-10-12-19(30(23,24)25)16(3)21(14)29(18-8-6-5-7-9-18)22-15(2)11-13-20(17(22)4)31(26,27)28;;/h5-13H,1-4H3,(H,23,24,25)(H,26,27,28);;/q;2*+1/p-2. The zero-order chi connectivity index (χ0) is 23.1. The molecule has 164 valence electrons. The first-order valence-electron chi connectivity index (χ1n) is 9.31. The topological polar surface area (TPSA) is 114 Å². The number of benzene rings is 3. The van der Waals surface area contributed by atoms with Crippen molar-refractivity contribution in [3.63, 3.8) is 0 Å². The van der Waals surface area contributed by atoms with Crippen molar-refractivity contribution < 1.29 is 85.1 Å². The molecule has 0 unspecified atom stereocenters. The second kappa shape index (κ2) is 11.8. The molecule has 0 saturated carbocycles. The maximum absolute atomic E-state index is 11.9. The third-order valence-electron chi connectivity index (χ3n) is 5.17. The molecule has 11 heteroatoms. The summed E-state index contributed by atoms with van der Waals surface area (Å²) < 4.78 is 71.2. The largest absolute Gasteiger partial charge is 1.00 e. The minimum atomic E-state index is -4.71. The SMILES string of the molecule is Cc1ccc(S(=O)(=O)[O-])c(C)c1P(c1ccccc1)c1c(C)ccc(S(=O)(=O)[O-])c1C.[Na+].[Na+]. The maximum atomic E-state index is 11.9. The van der Waals surface area contributed by atoms with Gasteiger partial charge in [-0.15, -0.1) is 0 Å². The van der Waals surface area contributed by atoms with Gasteiger partial charge in [-0.1, -0.05) is 42.5 Å². The van der Waals surface area contributed by atoms with Crippen molar-refractivity contribution in [1.29, 1.82) is 0 Å². The van der Waals surface area contributed by atoms with Crippen LogP contribution >= 0.6 is 7.92 Å². The van der Waals surface area contributed by atoms with Crippen molar-refractivity contribution in [2.75, 3.05) is 0 Å².